The summed E-state index contributed by atoms with van der Waals surface area (Å²) in [5.74, 6) is 0.872. The summed E-state index contributed by atoms with van der Waals surface area (Å²) in [6.07, 6.45) is 0. The summed E-state index contributed by atoms with van der Waals surface area (Å²) in [4.78, 5) is 28.2. The zero-order valence-electron chi connectivity index (χ0n) is 15.7. The molecule has 0 saturated carbocycles. The van der Waals surface area contributed by atoms with Crippen molar-refractivity contribution in [3.8, 4) is 11.5 Å². The molecule has 6 heteroatoms. The fourth-order valence-electron chi connectivity index (χ4n) is 3.10. The van der Waals surface area contributed by atoms with E-state index >= 15 is 0 Å². The Morgan fingerprint density at radius 2 is 1.74 bits per heavy atom. The molecule has 140 valence electrons. The van der Waals surface area contributed by atoms with Crippen molar-refractivity contribution in [3.05, 3.63) is 65.7 Å². The van der Waals surface area contributed by atoms with Crippen molar-refractivity contribution in [2.24, 2.45) is 0 Å². The van der Waals surface area contributed by atoms with Crippen LogP contribution in [0.1, 0.15) is 21.5 Å². The third kappa shape index (κ3) is 3.51. The van der Waals surface area contributed by atoms with Crippen molar-refractivity contribution >= 4 is 17.5 Å². The molecule has 0 bridgehead atoms. The molecule has 3 rings (SSSR count). The first-order chi connectivity index (χ1) is 13.0. The van der Waals surface area contributed by atoms with Gasteiger partial charge in [0, 0.05) is 30.4 Å². The van der Waals surface area contributed by atoms with E-state index < -0.39 is 0 Å². The Hall–Kier alpha value is -3.28. The molecule has 0 spiro atoms. The van der Waals surface area contributed by atoms with E-state index in [0.717, 1.165) is 11.1 Å². The van der Waals surface area contributed by atoms with Crippen molar-refractivity contribution in [2.75, 3.05) is 27.8 Å². The number of ether oxygens (including phenoxy) is 2. The summed E-state index contributed by atoms with van der Waals surface area (Å²) in [5, 5.41) is 0. The molecular formula is C21H22N2O4. The summed E-state index contributed by atoms with van der Waals surface area (Å²) in [6.45, 7) is 4.31. The number of amides is 2. The van der Waals surface area contributed by atoms with E-state index in [9.17, 15) is 9.59 Å². The Morgan fingerprint density at radius 1 is 1.07 bits per heavy atom. The molecule has 0 atom stereocenters. The van der Waals surface area contributed by atoms with E-state index in [1.165, 1.54) is 4.90 Å². The molecule has 0 saturated heterocycles. The maximum atomic E-state index is 12.7. The summed E-state index contributed by atoms with van der Waals surface area (Å²) < 4.78 is 10.5. The van der Waals surface area contributed by atoms with Gasteiger partial charge in [-0.05, 0) is 23.8 Å². The molecule has 2 amide bonds. The zero-order valence-corrected chi connectivity index (χ0v) is 15.7. The van der Waals surface area contributed by atoms with Gasteiger partial charge in [0.2, 0.25) is 5.91 Å². The zero-order chi connectivity index (χ0) is 19.6. The first-order valence-corrected chi connectivity index (χ1v) is 8.51. The Labute approximate surface area is 158 Å². The smallest absolute Gasteiger partial charge is 0.259 e. The number of carbonyl (C=O) groups excluding carboxylic acids is 2. The predicted molar refractivity (Wildman–Crippen MR) is 103 cm³/mol. The largest absolute Gasteiger partial charge is 0.493 e. The lowest BCUT2D eigenvalue weighted by molar-refractivity contribution is -0.130. The second-order valence-electron chi connectivity index (χ2n) is 6.32. The van der Waals surface area contributed by atoms with Gasteiger partial charge in [-0.3, -0.25) is 14.5 Å². The number of hydrogen-bond donors (Lipinski definition) is 0. The average Bonchev–Trinajstić information content (AvgIpc) is 2.93. The number of fused-ring (bicyclic) bond motifs is 1. The molecule has 2 aromatic rings. The van der Waals surface area contributed by atoms with Crippen LogP contribution in [0.4, 0.5) is 0 Å². The fraction of sp³-hybridized carbons (Fsp3) is 0.238. The number of carbonyl (C=O) groups is 2. The molecule has 0 aromatic heterocycles. The number of benzene rings is 2. The standard InChI is InChI=1S/C21H22N2O4/c1-14-16-7-5-6-8-17(16)21(25)23(14)13-20(24)22(2)12-15-9-10-18(26-3)19(11-15)27-4/h5-11H,1,12-13H2,2-4H3. The van der Waals surface area contributed by atoms with Crippen LogP contribution < -0.4 is 9.47 Å². The molecule has 27 heavy (non-hydrogen) atoms. The summed E-state index contributed by atoms with van der Waals surface area (Å²) in [7, 11) is 4.85. The van der Waals surface area contributed by atoms with Gasteiger partial charge in [-0.25, -0.2) is 0 Å². The van der Waals surface area contributed by atoms with Crippen LogP contribution in [-0.2, 0) is 11.3 Å². The minimum absolute atomic E-state index is 0.0455. The van der Waals surface area contributed by atoms with E-state index in [1.54, 1.807) is 44.4 Å². The first kappa shape index (κ1) is 18.5. The van der Waals surface area contributed by atoms with Crippen LogP contribution >= 0.6 is 0 Å². The summed E-state index contributed by atoms with van der Waals surface area (Å²) in [5.41, 5.74) is 2.82. The van der Waals surface area contributed by atoms with Gasteiger partial charge in [-0.15, -0.1) is 0 Å². The highest BCUT2D eigenvalue weighted by atomic mass is 16.5. The summed E-state index contributed by atoms with van der Waals surface area (Å²) in [6, 6.07) is 12.8. The van der Waals surface area contributed by atoms with Gasteiger partial charge in [0.1, 0.15) is 6.54 Å². The maximum absolute atomic E-state index is 12.7. The van der Waals surface area contributed by atoms with Gasteiger partial charge in [-0.2, -0.15) is 0 Å². The lowest BCUT2D eigenvalue weighted by atomic mass is 10.1. The average molecular weight is 366 g/mol. The highest BCUT2D eigenvalue weighted by Crippen LogP contribution is 2.31. The summed E-state index contributed by atoms with van der Waals surface area (Å²) >= 11 is 0. The van der Waals surface area contributed by atoms with Gasteiger partial charge in [0.15, 0.2) is 11.5 Å². The van der Waals surface area contributed by atoms with Gasteiger partial charge < -0.3 is 14.4 Å². The molecule has 0 aliphatic carbocycles. The number of likely N-dealkylation sites (N-methyl/N-ethyl adjacent to an activating group) is 1. The van der Waals surface area contributed by atoms with Crippen LogP contribution in [0.3, 0.4) is 0 Å². The molecule has 0 radical (unpaired) electrons. The van der Waals surface area contributed by atoms with Crippen LogP contribution in [-0.4, -0.2) is 49.4 Å². The Balaban J connectivity index is 1.68. The predicted octanol–water partition coefficient (Wildman–Crippen LogP) is 2.79. The SMILES string of the molecule is C=C1c2ccccc2C(=O)N1CC(=O)N(C)Cc1ccc(OC)c(OC)c1. The molecule has 1 aliphatic heterocycles. The molecule has 2 aromatic carbocycles. The molecule has 1 heterocycles. The Bertz CT molecular complexity index is 872. The minimum Gasteiger partial charge on any atom is -0.493 e. The van der Waals surface area contributed by atoms with Crippen molar-refractivity contribution < 1.29 is 19.1 Å². The van der Waals surface area contributed by atoms with Gasteiger partial charge in [0.25, 0.3) is 5.91 Å². The number of nitrogens with zero attached hydrogens (tertiary/aromatic N) is 2. The lowest BCUT2D eigenvalue weighted by Gasteiger charge is -2.23. The highest BCUT2D eigenvalue weighted by molar-refractivity contribution is 6.10. The highest BCUT2D eigenvalue weighted by Gasteiger charge is 2.32. The quantitative estimate of drug-likeness (QED) is 0.789. The number of rotatable bonds is 6. The first-order valence-electron chi connectivity index (χ1n) is 8.51. The Kier molecular flexibility index (Phi) is 5.16. The Morgan fingerprint density at radius 3 is 2.37 bits per heavy atom. The van der Waals surface area contributed by atoms with Crippen LogP contribution in [0, 0.1) is 0 Å². The van der Waals surface area contributed by atoms with Gasteiger partial charge in [-0.1, -0.05) is 30.8 Å². The van der Waals surface area contributed by atoms with Crippen molar-refractivity contribution in [1.29, 1.82) is 0 Å². The third-order valence-electron chi connectivity index (χ3n) is 4.63. The van der Waals surface area contributed by atoms with E-state index in [-0.39, 0.29) is 18.4 Å². The van der Waals surface area contributed by atoms with Gasteiger partial charge in [0.05, 0.1) is 14.2 Å². The van der Waals surface area contributed by atoms with E-state index in [4.69, 9.17) is 9.47 Å². The molecule has 0 N–H and O–H groups in total. The van der Waals surface area contributed by atoms with Crippen molar-refractivity contribution in [1.82, 2.24) is 9.80 Å². The van der Waals surface area contributed by atoms with E-state index in [1.807, 2.05) is 24.3 Å². The monoisotopic (exact) mass is 366 g/mol. The number of hydrogen-bond acceptors (Lipinski definition) is 4. The van der Waals surface area contributed by atoms with Crippen molar-refractivity contribution in [3.63, 3.8) is 0 Å². The molecular weight excluding hydrogens is 344 g/mol. The van der Waals surface area contributed by atoms with Crippen LogP contribution in [0.2, 0.25) is 0 Å². The van der Waals surface area contributed by atoms with E-state index in [0.29, 0.717) is 29.3 Å². The second-order valence-corrected chi connectivity index (χ2v) is 6.32. The van der Waals surface area contributed by atoms with Crippen LogP contribution in [0.25, 0.3) is 5.70 Å². The fourth-order valence-corrected chi connectivity index (χ4v) is 3.10. The molecule has 1 aliphatic rings. The van der Waals surface area contributed by atoms with Crippen LogP contribution in [0.5, 0.6) is 11.5 Å². The van der Waals surface area contributed by atoms with E-state index in [2.05, 4.69) is 6.58 Å². The maximum Gasteiger partial charge on any atom is 0.259 e. The third-order valence-corrected chi connectivity index (χ3v) is 4.63. The molecule has 6 nitrogen and oxygen atoms in total. The second kappa shape index (κ2) is 7.53. The van der Waals surface area contributed by atoms with Gasteiger partial charge >= 0.3 is 0 Å². The van der Waals surface area contributed by atoms with Crippen LogP contribution in [0.15, 0.2) is 49.0 Å². The topological polar surface area (TPSA) is 59.1 Å². The van der Waals surface area contributed by atoms with Crippen molar-refractivity contribution in [2.45, 2.75) is 6.54 Å². The molecule has 0 unspecified atom stereocenters. The minimum atomic E-state index is -0.191. The normalized spacial score (nSPS) is 12.8. The number of methoxy groups -OCH3 is 2. The lowest BCUT2D eigenvalue weighted by Crippen LogP contribution is -2.37. The molecule has 0 fully saturated rings.